The molecule has 0 radical (unpaired) electrons. The number of carbonyl (C=O) groups is 4. The van der Waals surface area contributed by atoms with Gasteiger partial charge >= 0.3 is 12.0 Å². The first kappa shape index (κ1) is 21.9. The largest absolute Gasteiger partial charge is 0.478 e. The Hall–Kier alpha value is -4.92. The Bertz CT molecular complexity index is 1510. The lowest BCUT2D eigenvalue weighted by Gasteiger charge is -2.25. The van der Waals surface area contributed by atoms with Crippen LogP contribution in [0.4, 0.5) is 4.79 Å². The molecule has 5 rings (SSSR count). The Labute approximate surface area is 198 Å². The second-order valence-corrected chi connectivity index (χ2v) is 8.02. The molecule has 0 aliphatic carbocycles. The van der Waals surface area contributed by atoms with Crippen LogP contribution in [0.15, 0.2) is 83.1 Å². The Morgan fingerprint density at radius 3 is 2.60 bits per heavy atom. The third-order valence-corrected chi connectivity index (χ3v) is 5.73. The smallest absolute Gasteiger partial charge is 0.335 e. The number of aromatic carboxylic acids is 1. The van der Waals surface area contributed by atoms with Crippen LogP contribution in [-0.2, 0) is 22.7 Å². The Morgan fingerprint density at radius 1 is 1.00 bits per heavy atom. The number of imide groups is 2. The summed E-state index contributed by atoms with van der Waals surface area (Å²) < 4.78 is 7.15. The number of nitrogens with zero attached hydrogens (tertiary/aromatic N) is 2. The van der Waals surface area contributed by atoms with Gasteiger partial charge in [-0.25, -0.2) is 9.59 Å². The van der Waals surface area contributed by atoms with E-state index in [1.165, 1.54) is 18.4 Å². The molecule has 0 saturated carbocycles. The molecule has 9 heteroatoms. The minimum atomic E-state index is -1.01. The number of carboxylic acid groups (broad SMARTS) is 1. The summed E-state index contributed by atoms with van der Waals surface area (Å²) >= 11 is 0. The summed E-state index contributed by atoms with van der Waals surface area (Å²) in [5.41, 5.74) is 2.25. The van der Waals surface area contributed by atoms with Gasteiger partial charge in [-0.15, -0.1) is 0 Å². The van der Waals surface area contributed by atoms with Crippen LogP contribution in [-0.4, -0.2) is 38.4 Å². The number of carbonyl (C=O) groups excluding carboxylic acids is 3. The van der Waals surface area contributed by atoms with Gasteiger partial charge in [0, 0.05) is 29.2 Å². The van der Waals surface area contributed by atoms with E-state index in [2.05, 4.69) is 5.32 Å². The number of nitrogens with one attached hydrogen (secondary N) is 1. The summed E-state index contributed by atoms with van der Waals surface area (Å²) in [6, 6.07) is 16.6. The highest BCUT2D eigenvalue weighted by molar-refractivity contribution is 6.31. The number of furan rings is 1. The van der Waals surface area contributed by atoms with Gasteiger partial charge in [-0.3, -0.25) is 19.8 Å². The second kappa shape index (κ2) is 8.79. The number of hydrogen-bond donors (Lipinski definition) is 2. The first-order valence-corrected chi connectivity index (χ1v) is 10.7. The van der Waals surface area contributed by atoms with Gasteiger partial charge < -0.3 is 14.1 Å². The number of benzene rings is 2. The van der Waals surface area contributed by atoms with Crippen LogP contribution in [0.25, 0.3) is 17.0 Å². The quantitative estimate of drug-likeness (QED) is 0.328. The molecule has 1 aliphatic rings. The number of amides is 4. The summed E-state index contributed by atoms with van der Waals surface area (Å²) in [4.78, 5) is 50.2. The highest BCUT2D eigenvalue weighted by atomic mass is 16.4. The van der Waals surface area contributed by atoms with E-state index in [0.717, 1.165) is 21.4 Å². The van der Waals surface area contributed by atoms with Gasteiger partial charge in [0.1, 0.15) is 11.3 Å². The lowest BCUT2D eigenvalue weighted by molar-refractivity contribution is -0.130. The van der Waals surface area contributed by atoms with E-state index in [4.69, 9.17) is 4.42 Å². The van der Waals surface area contributed by atoms with Crippen molar-refractivity contribution >= 4 is 40.8 Å². The number of barbiturate groups is 1. The number of para-hydroxylation sites is 1. The monoisotopic (exact) mass is 469 g/mol. The first-order chi connectivity index (χ1) is 16.9. The third kappa shape index (κ3) is 4.22. The Kier molecular flexibility index (Phi) is 5.50. The number of hydrogen-bond acceptors (Lipinski definition) is 5. The molecule has 2 N–H and O–H groups in total. The summed E-state index contributed by atoms with van der Waals surface area (Å²) in [6.07, 6.45) is 4.69. The molecule has 9 nitrogen and oxygen atoms in total. The molecule has 1 saturated heterocycles. The predicted molar refractivity (Wildman–Crippen MR) is 125 cm³/mol. The second-order valence-electron chi connectivity index (χ2n) is 8.02. The molecular formula is C26H19N3O6. The maximum absolute atomic E-state index is 13.1. The lowest BCUT2D eigenvalue weighted by atomic mass is 10.1. The van der Waals surface area contributed by atoms with Crippen molar-refractivity contribution in [2.24, 2.45) is 0 Å². The van der Waals surface area contributed by atoms with Gasteiger partial charge in [0.15, 0.2) is 0 Å². The highest BCUT2D eigenvalue weighted by Gasteiger charge is 2.36. The number of rotatable bonds is 6. The molecule has 35 heavy (non-hydrogen) atoms. The van der Waals surface area contributed by atoms with Crippen LogP contribution in [0.2, 0.25) is 0 Å². The van der Waals surface area contributed by atoms with Crippen molar-refractivity contribution in [3.05, 3.63) is 101 Å². The molecule has 4 amide bonds. The van der Waals surface area contributed by atoms with Gasteiger partial charge in [0.05, 0.1) is 18.4 Å². The number of urea groups is 1. The van der Waals surface area contributed by atoms with E-state index in [-0.39, 0.29) is 17.7 Å². The molecule has 2 aromatic heterocycles. The first-order valence-electron chi connectivity index (χ1n) is 10.7. The van der Waals surface area contributed by atoms with Gasteiger partial charge in [-0.05, 0) is 42.0 Å². The zero-order valence-corrected chi connectivity index (χ0v) is 18.3. The summed E-state index contributed by atoms with van der Waals surface area (Å²) in [7, 11) is 0. The van der Waals surface area contributed by atoms with Crippen molar-refractivity contribution in [3.63, 3.8) is 0 Å². The van der Waals surface area contributed by atoms with Crippen molar-refractivity contribution in [2.45, 2.75) is 13.1 Å². The standard InChI is InChI=1S/C26H19N3O6/c30-23-21(24(31)29(26(34)27-23)15-19-7-4-10-35-19)12-18-14-28(22-9-2-1-8-20(18)22)13-16-5-3-6-17(11-16)25(32)33/h1-12,14H,13,15H2,(H,32,33)(H,27,30,34). The van der Waals surface area contributed by atoms with Crippen molar-refractivity contribution < 1.29 is 28.7 Å². The Morgan fingerprint density at radius 2 is 1.83 bits per heavy atom. The van der Waals surface area contributed by atoms with Crippen molar-refractivity contribution in [2.75, 3.05) is 0 Å². The van der Waals surface area contributed by atoms with E-state index in [0.29, 0.717) is 17.9 Å². The fourth-order valence-corrected chi connectivity index (χ4v) is 4.07. The van der Waals surface area contributed by atoms with Crippen molar-refractivity contribution in [1.82, 2.24) is 14.8 Å². The van der Waals surface area contributed by atoms with Gasteiger partial charge in [0.2, 0.25) is 0 Å². The molecule has 1 fully saturated rings. The van der Waals surface area contributed by atoms with Crippen LogP contribution >= 0.6 is 0 Å². The molecular weight excluding hydrogens is 450 g/mol. The van der Waals surface area contributed by atoms with Crippen LogP contribution in [0.3, 0.4) is 0 Å². The normalized spacial score (nSPS) is 15.1. The lowest BCUT2D eigenvalue weighted by Crippen LogP contribution is -2.53. The number of aromatic nitrogens is 1. The van der Waals surface area contributed by atoms with E-state index in [1.807, 2.05) is 34.9 Å². The zero-order valence-electron chi connectivity index (χ0n) is 18.3. The van der Waals surface area contributed by atoms with Crippen LogP contribution in [0.1, 0.15) is 27.2 Å². The zero-order chi connectivity index (χ0) is 24.5. The number of carboxylic acids is 1. The Balaban J connectivity index is 1.52. The van der Waals surface area contributed by atoms with Crippen LogP contribution in [0, 0.1) is 0 Å². The van der Waals surface area contributed by atoms with Crippen molar-refractivity contribution in [1.29, 1.82) is 0 Å². The molecule has 174 valence electrons. The molecule has 3 heterocycles. The topological polar surface area (TPSA) is 122 Å². The number of fused-ring (bicyclic) bond motifs is 1. The van der Waals surface area contributed by atoms with Gasteiger partial charge in [-0.2, -0.15) is 0 Å². The third-order valence-electron chi connectivity index (χ3n) is 5.73. The molecule has 0 unspecified atom stereocenters. The van der Waals surface area contributed by atoms with Crippen LogP contribution < -0.4 is 5.32 Å². The van der Waals surface area contributed by atoms with E-state index in [9.17, 15) is 24.3 Å². The fourth-order valence-electron chi connectivity index (χ4n) is 4.07. The summed E-state index contributed by atoms with van der Waals surface area (Å²) in [6.45, 7) is 0.276. The summed E-state index contributed by atoms with van der Waals surface area (Å²) in [5.74, 6) is -2.10. The van der Waals surface area contributed by atoms with Crippen molar-refractivity contribution in [3.8, 4) is 0 Å². The molecule has 0 spiro atoms. The van der Waals surface area contributed by atoms with Gasteiger partial charge in [-0.1, -0.05) is 30.3 Å². The predicted octanol–water partition coefficient (Wildman–Crippen LogP) is 3.64. The average molecular weight is 469 g/mol. The molecule has 4 aromatic rings. The van der Waals surface area contributed by atoms with E-state index < -0.39 is 23.8 Å². The maximum atomic E-state index is 13.1. The minimum Gasteiger partial charge on any atom is -0.478 e. The van der Waals surface area contributed by atoms with E-state index >= 15 is 0 Å². The maximum Gasteiger partial charge on any atom is 0.335 e. The summed E-state index contributed by atoms with van der Waals surface area (Å²) in [5, 5.41) is 12.3. The average Bonchev–Trinajstić information content (AvgIpc) is 3.48. The molecule has 0 atom stereocenters. The molecule has 0 bridgehead atoms. The molecule has 2 aromatic carbocycles. The van der Waals surface area contributed by atoms with Gasteiger partial charge in [0.25, 0.3) is 11.8 Å². The molecule has 1 aliphatic heterocycles. The highest BCUT2D eigenvalue weighted by Crippen LogP contribution is 2.26. The van der Waals surface area contributed by atoms with E-state index in [1.54, 1.807) is 30.5 Å². The minimum absolute atomic E-state index is 0.107. The fraction of sp³-hybridized carbons (Fsp3) is 0.0769. The van der Waals surface area contributed by atoms with Crippen LogP contribution in [0.5, 0.6) is 0 Å². The SMILES string of the molecule is O=C1NC(=O)N(Cc2ccco2)C(=O)C1=Cc1cn(Cc2cccc(C(=O)O)c2)c2ccccc12.